The van der Waals surface area contributed by atoms with Crippen LogP contribution >= 0.6 is 27.5 Å². The number of nitrogens with zero attached hydrogens (tertiary/aromatic N) is 1. The highest BCUT2D eigenvalue weighted by atomic mass is 79.9. The summed E-state index contributed by atoms with van der Waals surface area (Å²) in [7, 11) is 0. The van der Waals surface area contributed by atoms with Crippen molar-refractivity contribution in [2.24, 2.45) is 0 Å². The van der Waals surface area contributed by atoms with Crippen molar-refractivity contribution in [3.05, 3.63) is 15.8 Å². The predicted molar refractivity (Wildman–Crippen MR) is 45.8 cm³/mol. The molecule has 3 nitrogen and oxygen atoms in total. The standard InChI is InChI=1S/C5H5BrClN3/c6-3-4(9)2(8)1-10-5(3)7/h1H,8H2,(H2,9,10). The number of aromatic nitrogens is 1. The van der Waals surface area contributed by atoms with Crippen LogP contribution in [0.1, 0.15) is 0 Å². The van der Waals surface area contributed by atoms with Gasteiger partial charge in [0.2, 0.25) is 0 Å². The second-order valence-electron chi connectivity index (χ2n) is 1.73. The summed E-state index contributed by atoms with van der Waals surface area (Å²) in [4.78, 5) is 3.75. The molecule has 0 fully saturated rings. The van der Waals surface area contributed by atoms with E-state index in [2.05, 4.69) is 20.9 Å². The second kappa shape index (κ2) is 2.64. The van der Waals surface area contributed by atoms with Gasteiger partial charge in [0.05, 0.1) is 22.0 Å². The first-order chi connectivity index (χ1) is 4.63. The molecule has 1 heterocycles. The summed E-state index contributed by atoms with van der Waals surface area (Å²) in [5.41, 5.74) is 11.8. The normalized spacial score (nSPS) is 9.80. The van der Waals surface area contributed by atoms with Crippen molar-refractivity contribution in [2.45, 2.75) is 0 Å². The molecule has 0 saturated carbocycles. The van der Waals surface area contributed by atoms with E-state index in [1.54, 1.807) is 0 Å². The summed E-state index contributed by atoms with van der Waals surface area (Å²) >= 11 is 8.72. The highest BCUT2D eigenvalue weighted by molar-refractivity contribution is 9.10. The number of nitrogen functional groups attached to an aromatic ring is 2. The summed E-state index contributed by atoms with van der Waals surface area (Å²) in [6.07, 6.45) is 1.42. The molecule has 1 aromatic rings. The quantitative estimate of drug-likeness (QED) is 0.656. The van der Waals surface area contributed by atoms with E-state index < -0.39 is 0 Å². The summed E-state index contributed by atoms with van der Waals surface area (Å²) in [5, 5.41) is 0.326. The number of hydrogen-bond donors (Lipinski definition) is 2. The number of halogens is 2. The Balaban J connectivity index is 3.34. The zero-order chi connectivity index (χ0) is 7.72. The highest BCUT2D eigenvalue weighted by Gasteiger charge is 2.04. The topological polar surface area (TPSA) is 64.9 Å². The Morgan fingerprint density at radius 2 is 2.10 bits per heavy atom. The fourth-order valence-corrected chi connectivity index (χ4v) is 0.972. The van der Waals surface area contributed by atoms with E-state index in [1.165, 1.54) is 6.20 Å². The van der Waals surface area contributed by atoms with Gasteiger partial charge in [-0.2, -0.15) is 0 Å². The second-order valence-corrected chi connectivity index (χ2v) is 2.88. The van der Waals surface area contributed by atoms with Crippen molar-refractivity contribution >= 4 is 38.9 Å². The van der Waals surface area contributed by atoms with Gasteiger partial charge in [-0.1, -0.05) is 11.6 Å². The van der Waals surface area contributed by atoms with Gasteiger partial charge in [0.15, 0.2) is 0 Å². The molecular weight excluding hydrogens is 217 g/mol. The molecular formula is C5H5BrClN3. The maximum atomic E-state index is 5.59. The van der Waals surface area contributed by atoms with Gasteiger partial charge < -0.3 is 11.5 Å². The molecule has 0 aliphatic heterocycles. The average Bonchev–Trinajstić information content (AvgIpc) is 1.93. The van der Waals surface area contributed by atoms with Crippen molar-refractivity contribution in [1.29, 1.82) is 0 Å². The molecule has 0 unspecified atom stereocenters. The Hall–Kier alpha value is -0.480. The van der Waals surface area contributed by atoms with Crippen LogP contribution in [0.4, 0.5) is 11.4 Å². The zero-order valence-corrected chi connectivity index (χ0v) is 7.28. The van der Waals surface area contributed by atoms with Crippen LogP contribution < -0.4 is 11.5 Å². The Labute approximate surface area is 71.5 Å². The van der Waals surface area contributed by atoms with Crippen molar-refractivity contribution < 1.29 is 0 Å². The molecule has 0 bridgehead atoms. The van der Waals surface area contributed by atoms with Gasteiger partial charge in [-0.3, -0.25) is 0 Å². The molecule has 0 aliphatic rings. The third kappa shape index (κ3) is 1.17. The van der Waals surface area contributed by atoms with Crippen LogP contribution in [0, 0.1) is 0 Å². The molecule has 4 N–H and O–H groups in total. The van der Waals surface area contributed by atoms with Crippen LogP contribution in [-0.4, -0.2) is 4.98 Å². The average molecular weight is 222 g/mol. The molecule has 1 aromatic heterocycles. The van der Waals surface area contributed by atoms with E-state index in [4.69, 9.17) is 23.1 Å². The molecule has 0 aromatic carbocycles. The minimum absolute atomic E-state index is 0.326. The molecule has 0 aliphatic carbocycles. The fourth-order valence-electron chi connectivity index (χ4n) is 0.490. The van der Waals surface area contributed by atoms with Crippen molar-refractivity contribution in [2.75, 3.05) is 11.5 Å². The van der Waals surface area contributed by atoms with Crippen LogP contribution in [0.25, 0.3) is 0 Å². The maximum absolute atomic E-state index is 5.59. The lowest BCUT2D eigenvalue weighted by molar-refractivity contribution is 1.32. The minimum atomic E-state index is 0.326. The fraction of sp³-hybridized carbons (Fsp3) is 0. The molecule has 1 rings (SSSR count). The monoisotopic (exact) mass is 221 g/mol. The Morgan fingerprint density at radius 3 is 2.60 bits per heavy atom. The van der Waals surface area contributed by atoms with Crippen LogP contribution in [0.2, 0.25) is 5.15 Å². The van der Waals surface area contributed by atoms with Crippen molar-refractivity contribution in [3.63, 3.8) is 0 Å². The lowest BCUT2D eigenvalue weighted by atomic mass is 10.4. The van der Waals surface area contributed by atoms with E-state index in [-0.39, 0.29) is 0 Å². The van der Waals surface area contributed by atoms with E-state index in [1.807, 2.05) is 0 Å². The van der Waals surface area contributed by atoms with E-state index >= 15 is 0 Å². The van der Waals surface area contributed by atoms with Crippen LogP contribution in [0.3, 0.4) is 0 Å². The maximum Gasteiger partial charge on any atom is 0.145 e. The predicted octanol–water partition coefficient (Wildman–Crippen LogP) is 1.66. The van der Waals surface area contributed by atoms with E-state index in [9.17, 15) is 0 Å². The number of rotatable bonds is 0. The number of hydrogen-bond acceptors (Lipinski definition) is 3. The number of nitrogens with two attached hydrogens (primary N) is 2. The first kappa shape index (κ1) is 7.63. The first-order valence-electron chi connectivity index (χ1n) is 2.48. The van der Waals surface area contributed by atoms with Gasteiger partial charge in [-0.05, 0) is 15.9 Å². The summed E-state index contributed by atoms with van der Waals surface area (Å²) in [6.45, 7) is 0. The van der Waals surface area contributed by atoms with Gasteiger partial charge in [0.1, 0.15) is 5.15 Å². The van der Waals surface area contributed by atoms with Crippen LogP contribution in [0.15, 0.2) is 10.7 Å². The van der Waals surface area contributed by atoms with Gasteiger partial charge in [0, 0.05) is 0 Å². The molecule has 0 saturated heterocycles. The van der Waals surface area contributed by atoms with Gasteiger partial charge in [-0.25, -0.2) is 4.98 Å². The van der Waals surface area contributed by atoms with Crippen molar-refractivity contribution in [3.8, 4) is 0 Å². The molecule has 54 valence electrons. The smallest absolute Gasteiger partial charge is 0.145 e. The zero-order valence-electron chi connectivity index (χ0n) is 4.94. The lowest BCUT2D eigenvalue weighted by Crippen LogP contribution is -1.96. The highest BCUT2D eigenvalue weighted by Crippen LogP contribution is 2.29. The largest absolute Gasteiger partial charge is 0.396 e. The Bertz CT molecular complexity index is 236. The molecule has 0 spiro atoms. The Kier molecular flexibility index (Phi) is 2.01. The SMILES string of the molecule is Nc1cnc(Cl)c(Br)c1N. The molecule has 0 atom stereocenters. The van der Waals surface area contributed by atoms with Gasteiger partial charge in [-0.15, -0.1) is 0 Å². The molecule has 0 amide bonds. The third-order valence-electron chi connectivity index (χ3n) is 1.05. The van der Waals surface area contributed by atoms with E-state index in [0.29, 0.717) is 21.0 Å². The summed E-state index contributed by atoms with van der Waals surface area (Å²) in [6, 6.07) is 0. The summed E-state index contributed by atoms with van der Waals surface area (Å²) < 4.78 is 0.550. The van der Waals surface area contributed by atoms with Gasteiger partial charge >= 0.3 is 0 Å². The first-order valence-corrected chi connectivity index (χ1v) is 3.65. The lowest BCUT2D eigenvalue weighted by Gasteiger charge is -2.01. The minimum Gasteiger partial charge on any atom is -0.396 e. The van der Waals surface area contributed by atoms with E-state index in [0.717, 1.165) is 0 Å². The summed E-state index contributed by atoms with van der Waals surface area (Å²) in [5.74, 6) is 0. The van der Waals surface area contributed by atoms with Crippen molar-refractivity contribution in [1.82, 2.24) is 4.98 Å². The molecule has 5 heteroatoms. The van der Waals surface area contributed by atoms with Crippen LogP contribution in [0.5, 0.6) is 0 Å². The third-order valence-corrected chi connectivity index (χ3v) is 2.36. The molecule has 0 radical (unpaired) electrons. The van der Waals surface area contributed by atoms with Gasteiger partial charge in [0.25, 0.3) is 0 Å². The number of anilines is 2. The number of pyridine rings is 1. The van der Waals surface area contributed by atoms with Crippen LogP contribution in [-0.2, 0) is 0 Å². The molecule has 10 heavy (non-hydrogen) atoms. The Morgan fingerprint density at radius 1 is 1.50 bits per heavy atom.